The Morgan fingerprint density at radius 3 is 2.88 bits per heavy atom. The number of nitrogens with zero attached hydrogens (tertiary/aromatic N) is 1. The van der Waals surface area contributed by atoms with Crippen LogP contribution in [-0.2, 0) is 11.8 Å². The normalized spacial score (nSPS) is 10.1. The summed E-state index contributed by atoms with van der Waals surface area (Å²) in [6.07, 6.45) is 1.74. The van der Waals surface area contributed by atoms with Crippen molar-refractivity contribution in [1.82, 2.24) is 9.88 Å². The first-order chi connectivity index (χ1) is 7.65. The van der Waals surface area contributed by atoms with Crippen LogP contribution in [0.25, 0.3) is 0 Å². The first-order valence-corrected chi connectivity index (χ1v) is 5.94. The fourth-order valence-electron chi connectivity index (χ4n) is 1.15. The maximum absolute atomic E-state index is 11.6. The molecule has 0 radical (unpaired) electrons. The fourth-order valence-corrected chi connectivity index (χ4v) is 1.68. The van der Waals surface area contributed by atoms with Crippen molar-refractivity contribution in [3.8, 4) is 0 Å². The van der Waals surface area contributed by atoms with E-state index >= 15 is 0 Å². The largest absolute Gasteiger partial charge is 0.396 e. The summed E-state index contributed by atoms with van der Waals surface area (Å²) in [5, 5.41) is 10.8. The van der Waals surface area contributed by atoms with Gasteiger partial charge in [-0.2, -0.15) is 0 Å². The number of aliphatic hydroxyl groups is 1. The monoisotopic (exact) mass is 242 g/mol. The topological polar surface area (TPSA) is 71.3 Å². The van der Waals surface area contributed by atoms with Gasteiger partial charge in [0.1, 0.15) is 5.69 Å². The highest BCUT2D eigenvalue weighted by molar-refractivity contribution is 7.99. The van der Waals surface area contributed by atoms with Crippen LogP contribution in [0.1, 0.15) is 10.5 Å². The van der Waals surface area contributed by atoms with Gasteiger partial charge in [-0.25, -0.2) is 0 Å². The molecule has 0 bridgehead atoms. The Labute approximate surface area is 97.8 Å². The van der Waals surface area contributed by atoms with Crippen LogP contribution < -0.4 is 5.32 Å². The van der Waals surface area contributed by atoms with Gasteiger partial charge in [-0.15, -0.1) is 11.8 Å². The summed E-state index contributed by atoms with van der Waals surface area (Å²) in [5.41, 5.74) is 0.445. The maximum Gasteiger partial charge on any atom is 0.274 e. The Morgan fingerprint density at radius 2 is 2.31 bits per heavy atom. The van der Waals surface area contributed by atoms with Gasteiger partial charge in [-0.05, 0) is 12.1 Å². The van der Waals surface area contributed by atoms with Crippen molar-refractivity contribution < 1.29 is 14.7 Å². The summed E-state index contributed by atoms with van der Waals surface area (Å²) in [6, 6.07) is 3.38. The number of amides is 2. The fraction of sp³-hybridized carbons (Fsp3) is 0.400. The van der Waals surface area contributed by atoms with Gasteiger partial charge in [0.15, 0.2) is 0 Å². The minimum absolute atomic E-state index is 0.0315. The molecule has 6 heteroatoms. The lowest BCUT2D eigenvalue weighted by Gasteiger charge is -2.04. The minimum Gasteiger partial charge on any atom is -0.396 e. The Kier molecular flexibility index (Phi) is 5.07. The number of hydrogen-bond donors (Lipinski definition) is 2. The van der Waals surface area contributed by atoms with Gasteiger partial charge < -0.3 is 9.67 Å². The maximum atomic E-state index is 11.6. The van der Waals surface area contributed by atoms with Crippen LogP contribution >= 0.6 is 11.8 Å². The SMILES string of the molecule is Cn1cccc1C(=O)NC(=O)CSCCO. The molecule has 0 unspecified atom stereocenters. The first kappa shape index (κ1) is 12.8. The molecule has 1 rings (SSSR count). The van der Waals surface area contributed by atoms with E-state index in [0.29, 0.717) is 11.4 Å². The molecule has 88 valence electrons. The molecule has 0 aliphatic heterocycles. The number of aliphatic hydroxyl groups excluding tert-OH is 1. The summed E-state index contributed by atoms with van der Waals surface area (Å²) < 4.78 is 1.64. The van der Waals surface area contributed by atoms with E-state index in [2.05, 4.69) is 5.32 Å². The summed E-state index contributed by atoms with van der Waals surface area (Å²) in [4.78, 5) is 22.8. The van der Waals surface area contributed by atoms with Crippen LogP contribution in [0, 0.1) is 0 Å². The lowest BCUT2D eigenvalue weighted by atomic mass is 10.4. The number of nitrogens with one attached hydrogen (secondary N) is 1. The average molecular weight is 242 g/mol. The molecule has 0 spiro atoms. The number of carbonyl (C=O) groups is 2. The molecular formula is C10H14N2O3S. The Bertz CT molecular complexity index is 376. The number of rotatable bonds is 5. The third-order valence-electron chi connectivity index (χ3n) is 1.90. The predicted octanol–water partition coefficient (Wildman–Crippen LogP) is 0.00700. The van der Waals surface area contributed by atoms with Crippen molar-refractivity contribution in [1.29, 1.82) is 0 Å². The third-order valence-corrected chi connectivity index (χ3v) is 2.84. The number of thioether (sulfide) groups is 1. The number of aromatic nitrogens is 1. The Balaban J connectivity index is 2.40. The molecule has 1 aromatic heterocycles. The number of imide groups is 1. The van der Waals surface area contributed by atoms with Crippen molar-refractivity contribution in [2.24, 2.45) is 7.05 Å². The molecule has 0 aromatic carbocycles. The zero-order valence-electron chi connectivity index (χ0n) is 8.97. The van der Waals surface area contributed by atoms with E-state index in [-0.39, 0.29) is 18.3 Å². The van der Waals surface area contributed by atoms with E-state index in [9.17, 15) is 9.59 Å². The van der Waals surface area contributed by atoms with E-state index in [1.165, 1.54) is 11.8 Å². The van der Waals surface area contributed by atoms with Gasteiger partial charge >= 0.3 is 0 Å². The van der Waals surface area contributed by atoms with Crippen LogP contribution in [0.2, 0.25) is 0 Å². The van der Waals surface area contributed by atoms with Crippen molar-refractivity contribution in [2.45, 2.75) is 0 Å². The van der Waals surface area contributed by atoms with Crippen LogP contribution in [-0.4, -0.2) is 39.6 Å². The first-order valence-electron chi connectivity index (χ1n) is 4.79. The molecule has 16 heavy (non-hydrogen) atoms. The van der Waals surface area contributed by atoms with Gasteiger partial charge in [-0.3, -0.25) is 14.9 Å². The van der Waals surface area contributed by atoms with Crippen LogP contribution in [0.3, 0.4) is 0 Å². The lowest BCUT2D eigenvalue weighted by Crippen LogP contribution is -2.33. The minimum atomic E-state index is -0.401. The van der Waals surface area contributed by atoms with Crippen LogP contribution in [0.4, 0.5) is 0 Å². The van der Waals surface area contributed by atoms with E-state index in [1.54, 1.807) is 29.9 Å². The summed E-state index contributed by atoms with van der Waals surface area (Å²) in [6.45, 7) is 0.0315. The molecule has 0 saturated carbocycles. The summed E-state index contributed by atoms with van der Waals surface area (Å²) >= 11 is 1.28. The molecular weight excluding hydrogens is 228 g/mol. The van der Waals surface area contributed by atoms with Crippen molar-refractivity contribution in [3.63, 3.8) is 0 Å². The van der Waals surface area contributed by atoms with E-state index < -0.39 is 5.91 Å². The number of carbonyl (C=O) groups excluding carboxylic acids is 2. The van der Waals surface area contributed by atoms with E-state index in [1.807, 2.05) is 0 Å². The molecule has 0 atom stereocenters. The zero-order chi connectivity index (χ0) is 12.0. The van der Waals surface area contributed by atoms with Gasteiger partial charge in [-0.1, -0.05) is 0 Å². The smallest absolute Gasteiger partial charge is 0.274 e. The Morgan fingerprint density at radius 1 is 1.56 bits per heavy atom. The van der Waals surface area contributed by atoms with Gasteiger partial charge in [0.05, 0.1) is 12.4 Å². The number of aryl methyl sites for hydroxylation is 1. The second kappa shape index (κ2) is 6.34. The van der Waals surface area contributed by atoms with Gasteiger partial charge in [0.25, 0.3) is 5.91 Å². The van der Waals surface area contributed by atoms with E-state index in [4.69, 9.17) is 5.11 Å². The molecule has 2 amide bonds. The van der Waals surface area contributed by atoms with Crippen molar-refractivity contribution in [2.75, 3.05) is 18.1 Å². The second-order valence-corrected chi connectivity index (χ2v) is 4.26. The Hall–Kier alpha value is -1.27. The highest BCUT2D eigenvalue weighted by Crippen LogP contribution is 2.01. The highest BCUT2D eigenvalue weighted by atomic mass is 32.2. The molecule has 5 nitrogen and oxygen atoms in total. The zero-order valence-corrected chi connectivity index (χ0v) is 9.79. The number of hydrogen-bond acceptors (Lipinski definition) is 4. The van der Waals surface area contributed by atoms with E-state index in [0.717, 1.165) is 0 Å². The molecule has 2 N–H and O–H groups in total. The second-order valence-electron chi connectivity index (χ2n) is 3.16. The summed E-state index contributed by atoms with van der Waals surface area (Å²) in [5.74, 6) is -0.0746. The molecule has 1 heterocycles. The predicted molar refractivity (Wildman–Crippen MR) is 62.3 cm³/mol. The quantitative estimate of drug-likeness (QED) is 0.713. The molecule has 1 aromatic rings. The average Bonchev–Trinajstić information content (AvgIpc) is 2.65. The van der Waals surface area contributed by atoms with Crippen molar-refractivity contribution in [3.05, 3.63) is 24.0 Å². The van der Waals surface area contributed by atoms with Gasteiger partial charge in [0, 0.05) is 19.0 Å². The highest BCUT2D eigenvalue weighted by Gasteiger charge is 2.12. The standard InChI is InChI=1S/C10H14N2O3S/c1-12-4-2-3-8(12)10(15)11-9(14)7-16-6-5-13/h2-4,13H,5-7H2,1H3,(H,11,14,15). The molecule has 0 fully saturated rings. The molecule has 0 saturated heterocycles. The van der Waals surface area contributed by atoms with Crippen LogP contribution in [0.5, 0.6) is 0 Å². The van der Waals surface area contributed by atoms with Crippen molar-refractivity contribution >= 4 is 23.6 Å². The third kappa shape index (κ3) is 3.71. The molecule has 0 aliphatic carbocycles. The lowest BCUT2D eigenvalue weighted by molar-refractivity contribution is -0.117. The summed E-state index contributed by atoms with van der Waals surface area (Å²) in [7, 11) is 1.74. The van der Waals surface area contributed by atoms with Gasteiger partial charge in [0.2, 0.25) is 5.91 Å². The molecule has 0 aliphatic rings. The van der Waals surface area contributed by atoms with Crippen LogP contribution in [0.15, 0.2) is 18.3 Å².